The molecule has 0 spiro atoms. The van der Waals surface area contributed by atoms with Gasteiger partial charge >= 0.3 is 0 Å². The smallest absolute Gasteiger partial charge is 0.126 e. The minimum Gasteiger partial charge on any atom is -0.497 e. The third-order valence-corrected chi connectivity index (χ3v) is 3.71. The molecule has 0 radical (unpaired) electrons. The molecule has 110 valence electrons. The first kappa shape index (κ1) is 14.2. The summed E-state index contributed by atoms with van der Waals surface area (Å²) in [5.74, 6) is 1.77. The van der Waals surface area contributed by atoms with Crippen LogP contribution in [0, 0.1) is 0 Å². The number of hydrogen-bond donors (Lipinski definition) is 0. The highest BCUT2D eigenvalue weighted by Gasteiger charge is 2.03. The van der Waals surface area contributed by atoms with Gasteiger partial charge in [-0.15, -0.1) is 0 Å². The van der Waals surface area contributed by atoms with E-state index >= 15 is 0 Å². The van der Waals surface area contributed by atoms with Crippen LogP contribution in [0.2, 0.25) is 0 Å². The van der Waals surface area contributed by atoms with Crippen molar-refractivity contribution >= 4 is 22.9 Å². The fourth-order valence-corrected chi connectivity index (χ4v) is 2.52. The maximum Gasteiger partial charge on any atom is 0.126 e. The zero-order chi connectivity index (χ0) is 15.4. The molecule has 3 aromatic rings. The molecule has 22 heavy (non-hydrogen) atoms. The van der Waals surface area contributed by atoms with Gasteiger partial charge in [0.2, 0.25) is 0 Å². The van der Waals surface area contributed by atoms with Crippen LogP contribution >= 0.6 is 0 Å². The maximum absolute atomic E-state index is 5.43. The van der Waals surface area contributed by atoms with E-state index in [1.807, 2.05) is 42.5 Å². The highest BCUT2D eigenvalue weighted by atomic mass is 16.5. The van der Waals surface area contributed by atoms with Crippen molar-refractivity contribution in [1.82, 2.24) is 0 Å². The van der Waals surface area contributed by atoms with Gasteiger partial charge in [0.1, 0.15) is 11.5 Å². The van der Waals surface area contributed by atoms with Crippen molar-refractivity contribution in [2.24, 2.45) is 0 Å². The first-order valence-corrected chi connectivity index (χ1v) is 7.19. The van der Waals surface area contributed by atoms with E-state index in [1.165, 1.54) is 10.9 Å². The average molecular weight is 290 g/mol. The predicted octanol–water partition coefficient (Wildman–Crippen LogP) is 5.03. The molecule has 0 amide bonds. The summed E-state index contributed by atoms with van der Waals surface area (Å²) >= 11 is 0. The molecule has 0 heterocycles. The van der Waals surface area contributed by atoms with Gasteiger partial charge in [0, 0.05) is 5.39 Å². The molecule has 3 rings (SSSR count). The molecule has 0 aromatic heterocycles. The number of rotatable bonds is 4. The van der Waals surface area contributed by atoms with E-state index in [1.54, 1.807) is 14.2 Å². The molecule has 0 saturated carbocycles. The van der Waals surface area contributed by atoms with E-state index in [4.69, 9.17) is 9.47 Å². The molecular formula is C20H18O2. The Labute approximate surface area is 130 Å². The lowest BCUT2D eigenvalue weighted by Crippen LogP contribution is -1.86. The van der Waals surface area contributed by atoms with Crippen LogP contribution in [-0.2, 0) is 0 Å². The molecule has 2 heteroatoms. The average Bonchev–Trinajstić information content (AvgIpc) is 2.60. The number of fused-ring (bicyclic) bond motifs is 1. The molecule has 0 N–H and O–H groups in total. The van der Waals surface area contributed by atoms with E-state index in [0.717, 1.165) is 22.4 Å². The quantitative estimate of drug-likeness (QED) is 0.628. The van der Waals surface area contributed by atoms with Crippen LogP contribution in [0.1, 0.15) is 11.1 Å². The van der Waals surface area contributed by atoms with Gasteiger partial charge in [0.15, 0.2) is 0 Å². The molecule has 0 unspecified atom stereocenters. The summed E-state index contributed by atoms with van der Waals surface area (Å²) in [6.45, 7) is 0. The summed E-state index contributed by atoms with van der Waals surface area (Å²) in [4.78, 5) is 0. The monoisotopic (exact) mass is 290 g/mol. The topological polar surface area (TPSA) is 18.5 Å². The number of benzene rings is 3. The van der Waals surface area contributed by atoms with Crippen molar-refractivity contribution in [3.8, 4) is 11.5 Å². The van der Waals surface area contributed by atoms with Crippen molar-refractivity contribution in [3.05, 3.63) is 71.8 Å². The van der Waals surface area contributed by atoms with Gasteiger partial charge in [-0.1, -0.05) is 54.6 Å². The summed E-state index contributed by atoms with van der Waals surface area (Å²) in [6.07, 6.45) is 4.23. The second-order valence-corrected chi connectivity index (χ2v) is 5.01. The summed E-state index contributed by atoms with van der Waals surface area (Å²) in [6, 6.07) is 20.4. The molecule has 0 saturated heterocycles. The van der Waals surface area contributed by atoms with E-state index < -0.39 is 0 Å². The van der Waals surface area contributed by atoms with Gasteiger partial charge in [-0.25, -0.2) is 0 Å². The number of methoxy groups -OCH3 is 2. The van der Waals surface area contributed by atoms with Crippen molar-refractivity contribution < 1.29 is 9.47 Å². The van der Waals surface area contributed by atoms with Crippen molar-refractivity contribution in [3.63, 3.8) is 0 Å². The first-order valence-electron chi connectivity index (χ1n) is 7.19. The second kappa shape index (κ2) is 6.35. The Kier molecular flexibility index (Phi) is 4.10. The fraction of sp³-hybridized carbons (Fsp3) is 0.100. The third-order valence-electron chi connectivity index (χ3n) is 3.71. The van der Waals surface area contributed by atoms with E-state index in [-0.39, 0.29) is 0 Å². The zero-order valence-electron chi connectivity index (χ0n) is 12.7. The fourth-order valence-electron chi connectivity index (χ4n) is 2.52. The standard InChI is InChI=1S/C20H18O2/c1-21-17-12-8-15(9-13-17)7-10-16-11-14-20(22-2)19-6-4-3-5-18(16)19/h3-14H,1-2H3/b10-7+. The Bertz CT molecular complexity index is 802. The zero-order valence-corrected chi connectivity index (χ0v) is 12.7. The summed E-state index contributed by atoms with van der Waals surface area (Å²) in [7, 11) is 3.38. The van der Waals surface area contributed by atoms with Crippen LogP contribution in [0.5, 0.6) is 11.5 Å². The minimum absolute atomic E-state index is 0.868. The third kappa shape index (κ3) is 2.82. The van der Waals surface area contributed by atoms with Crippen molar-refractivity contribution in [2.75, 3.05) is 14.2 Å². The first-order chi connectivity index (χ1) is 10.8. The van der Waals surface area contributed by atoms with Crippen LogP contribution < -0.4 is 9.47 Å². The molecule has 2 nitrogen and oxygen atoms in total. The van der Waals surface area contributed by atoms with Gasteiger partial charge in [-0.05, 0) is 34.7 Å². The lowest BCUT2D eigenvalue weighted by atomic mass is 10.0. The molecule has 0 bridgehead atoms. The largest absolute Gasteiger partial charge is 0.497 e. The Balaban J connectivity index is 1.98. The van der Waals surface area contributed by atoms with Crippen LogP contribution in [0.4, 0.5) is 0 Å². The van der Waals surface area contributed by atoms with Crippen LogP contribution in [0.25, 0.3) is 22.9 Å². The molecule has 3 aromatic carbocycles. The normalized spacial score (nSPS) is 11.0. The maximum atomic E-state index is 5.43. The molecule has 0 fully saturated rings. The van der Waals surface area contributed by atoms with E-state index in [9.17, 15) is 0 Å². The summed E-state index contributed by atoms with van der Waals surface area (Å²) < 4.78 is 10.6. The lowest BCUT2D eigenvalue weighted by Gasteiger charge is -2.08. The minimum atomic E-state index is 0.868. The predicted molar refractivity (Wildman–Crippen MR) is 92.4 cm³/mol. The van der Waals surface area contributed by atoms with Gasteiger partial charge in [0.25, 0.3) is 0 Å². The van der Waals surface area contributed by atoms with Crippen LogP contribution in [0.3, 0.4) is 0 Å². The van der Waals surface area contributed by atoms with Gasteiger partial charge < -0.3 is 9.47 Å². The molecule has 0 aliphatic heterocycles. The molecule has 0 aliphatic rings. The van der Waals surface area contributed by atoms with E-state index in [0.29, 0.717) is 0 Å². The number of hydrogen-bond acceptors (Lipinski definition) is 2. The molecule has 0 aliphatic carbocycles. The van der Waals surface area contributed by atoms with E-state index in [2.05, 4.69) is 30.4 Å². The Morgan fingerprint density at radius 3 is 2.09 bits per heavy atom. The Hall–Kier alpha value is -2.74. The SMILES string of the molecule is COc1ccc(/C=C/c2ccc(OC)c3ccccc23)cc1. The highest BCUT2D eigenvalue weighted by molar-refractivity contribution is 5.96. The summed E-state index contributed by atoms with van der Waals surface area (Å²) in [5, 5.41) is 2.31. The Morgan fingerprint density at radius 1 is 0.682 bits per heavy atom. The molecule has 0 atom stereocenters. The van der Waals surface area contributed by atoms with Gasteiger partial charge in [-0.2, -0.15) is 0 Å². The van der Waals surface area contributed by atoms with Crippen molar-refractivity contribution in [1.29, 1.82) is 0 Å². The van der Waals surface area contributed by atoms with Crippen LogP contribution in [0.15, 0.2) is 60.7 Å². The lowest BCUT2D eigenvalue weighted by molar-refractivity contribution is 0.415. The highest BCUT2D eigenvalue weighted by Crippen LogP contribution is 2.29. The molecular weight excluding hydrogens is 272 g/mol. The summed E-state index contributed by atoms with van der Waals surface area (Å²) in [5.41, 5.74) is 2.31. The van der Waals surface area contributed by atoms with Crippen LogP contribution in [-0.4, -0.2) is 14.2 Å². The van der Waals surface area contributed by atoms with Gasteiger partial charge in [0.05, 0.1) is 14.2 Å². The Morgan fingerprint density at radius 2 is 1.41 bits per heavy atom. The van der Waals surface area contributed by atoms with Crippen molar-refractivity contribution in [2.45, 2.75) is 0 Å². The van der Waals surface area contributed by atoms with Gasteiger partial charge in [-0.3, -0.25) is 0 Å². The number of ether oxygens (including phenoxy) is 2. The second-order valence-electron chi connectivity index (χ2n) is 5.01.